The Morgan fingerprint density at radius 2 is 1.61 bits per heavy atom. The lowest BCUT2D eigenvalue weighted by Crippen LogP contribution is -2.61. The van der Waals surface area contributed by atoms with Crippen LogP contribution in [0.4, 0.5) is 4.79 Å². The van der Waals surface area contributed by atoms with Gasteiger partial charge in [-0.3, -0.25) is 0 Å². The second kappa shape index (κ2) is 13.9. The number of aliphatic hydroxyl groups is 1. The van der Waals surface area contributed by atoms with Crippen LogP contribution in [0.5, 0.6) is 0 Å². The van der Waals surface area contributed by atoms with Gasteiger partial charge >= 0.3 is 6.03 Å². The summed E-state index contributed by atoms with van der Waals surface area (Å²) < 4.78 is 15.1. The molecule has 0 unspecified atom stereocenters. The van der Waals surface area contributed by atoms with Crippen molar-refractivity contribution in [3.63, 3.8) is 0 Å². The molecule has 2 amide bonds. The summed E-state index contributed by atoms with van der Waals surface area (Å²) in [6, 6.07) is 24.6. The van der Waals surface area contributed by atoms with Crippen molar-refractivity contribution in [3.05, 3.63) is 101 Å². The molecule has 4 aliphatic carbocycles. The van der Waals surface area contributed by atoms with E-state index in [0.29, 0.717) is 18.7 Å². The van der Waals surface area contributed by atoms with Crippen LogP contribution in [0, 0.1) is 17.8 Å². The average Bonchev–Trinajstić information content (AvgIpc) is 3.53. The lowest BCUT2D eigenvalue weighted by molar-refractivity contribution is -0.245. The van der Waals surface area contributed by atoms with Gasteiger partial charge < -0.3 is 29.8 Å². The van der Waals surface area contributed by atoms with Crippen molar-refractivity contribution in [2.45, 2.75) is 87.3 Å². The second-order valence-electron chi connectivity index (χ2n) is 14.7. The van der Waals surface area contributed by atoms with Crippen molar-refractivity contribution in [2.24, 2.45) is 24.8 Å². The summed E-state index contributed by atoms with van der Waals surface area (Å²) in [5.74, 6) is 3.09. The number of benzene rings is 3. The number of nitrogens with one attached hydrogen (secondary N) is 2. The summed E-state index contributed by atoms with van der Waals surface area (Å²) in [5.41, 5.74) is 6.06. The van der Waals surface area contributed by atoms with Gasteiger partial charge in [0.15, 0.2) is 11.4 Å². The molecule has 4 bridgehead atoms. The number of aromatic nitrogens is 3. The van der Waals surface area contributed by atoms with Crippen LogP contribution in [-0.2, 0) is 29.7 Å². The molecule has 10 heteroatoms. The molecule has 5 aliphatic rings. The SMILES string of the molecule is Cn1cnnc1SC[C@@H]1C[C@H](c2ccc(CO)cc2)O[C@H](c2cccc(-c3cccc(CNC(=O)NC45CC6CC(CC(C6)C4)C5)c3)c2)O1. The van der Waals surface area contributed by atoms with E-state index in [0.717, 1.165) is 75.6 Å². The summed E-state index contributed by atoms with van der Waals surface area (Å²) in [5, 5.41) is 25.2. The quantitative estimate of drug-likeness (QED) is 0.154. The van der Waals surface area contributed by atoms with Gasteiger partial charge in [-0.1, -0.05) is 72.4 Å². The van der Waals surface area contributed by atoms with E-state index in [1.54, 1.807) is 18.1 Å². The van der Waals surface area contributed by atoms with Crippen LogP contribution in [-0.4, -0.2) is 43.3 Å². The molecular weight excluding hydrogens is 635 g/mol. The minimum absolute atomic E-state index is 0.000591. The third-order valence-corrected chi connectivity index (χ3v) is 12.1. The fourth-order valence-corrected chi connectivity index (χ4v) is 9.96. The molecule has 1 saturated heterocycles. The van der Waals surface area contributed by atoms with E-state index in [-0.39, 0.29) is 30.4 Å². The molecule has 1 aromatic heterocycles. The maximum absolute atomic E-state index is 13.1. The summed E-state index contributed by atoms with van der Waals surface area (Å²) in [6.07, 6.45) is 9.11. The highest BCUT2D eigenvalue weighted by atomic mass is 32.2. The van der Waals surface area contributed by atoms with E-state index in [2.05, 4.69) is 63.3 Å². The van der Waals surface area contributed by atoms with Gasteiger partial charge in [0.05, 0.1) is 18.8 Å². The van der Waals surface area contributed by atoms with Crippen molar-refractivity contribution < 1.29 is 19.4 Å². The maximum Gasteiger partial charge on any atom is 0.315 e. The van der Waals surface area contributed by atoms with Gasteiger partial charge in [0.1, 0.15) is 6.33 Å². The fourth-order valence-electron chi connectivity index (χ4n) is 9.05. The van der Waals surface area contributed by atoms with Crippen LogP contribution in [0.2, 0.25) is 0 Å². The first kappa shape index (κ1) is 32.5. The minimum atomic E-state index is -0.556. The molecular formula is C39H45N5O4S. The number of aliphatic hydroxyl groups excluding tert-OH is 1. The number of ether oxygens (including phenoxy) is 2. The number of urea groups is 1. The number of aryl methyl sites for hydroxylation is 1. The highest BCUT2D eigenvalue weighted by Crippen LogP contribution is 2.55. The van der Waals surface area contributed by atoms with Gasteiger partial charge in [0.2, 0.25) is 0 Å². The Morgan fingerprint density at radius 1 is 0.898 bits per heavy atom. The van der Waals surface area contributed by atoms with Gasteiger partial charge in [-0.15, -0.1) is 10.2 Å². The Morgan fingerprint density at radius 3 is 2.31 bits per heavy atom. The third-order valence-electron chi connectivity index (χ3n) is 11.0. The third kappa shape index (κ3) is 7.29. The monoisotopic (exact) mass is 679 g/mol. The van der Waals surface area contributed by atoms with E-state index in [1.165, 1.54) is 19.3 Å². The second-order valence-corrected chi connectivity index (χ2v) is 15.7. The van der Waals surface area contributed by atoms with Crippen LogP contribution in [0.25, 0.3) is 11.1 Å². The molecule has 5 fully saturated rings. The van der Waals surface area contributed by atoms with Gasteiger partial charge in [-0.05, 0) is 96.2 Å². The van der Waals surface area contributed by atoms with E-state index in [9.17, 15) is 9.90 Å². The molecule has 1 aliphatic heterocycles. The predicted molar refractivity (Wildman–Crippen MR) is 188 cm³/mol. The number of hydrogen-bond acceptors (Lipinski definition) is 7. The molecule has 4 saturated carbocycles. The topological polar surface area (TPSA) is 111 Å². The Kier molecular flexibility index (Phi) is 9.22. The molecule has 3 atom stereocenters. The van der Waals surface area contributed by atoms with E-state index < -0.39 is 6.29 Å². The Labute approximate surface area is 292 Å². The minimum Gasteiger partial charge on any atom is -0.392 e. The molecule has 9 rings (SSSR count). The van der Waals surface area contributed by atoms with Gasteiger partial charge in [0, 0.05) is 36.9 Å². The van der Waals surface area contributed by atoms with Crippen molar-refractivity contribution in [2.75, 3.05) is 5.75 Å². The molecule has 9 nitrogen and oxygen atoms in total. The number of hydrogen-bond donors (Lipinski definition) is 3. The van der Waals surface area contributed by atoms with Crippen molar-refractivity contribution in [1.29, 1.82) is 0 Å². The van der Waals surface area contributed by atoms with Crippen LogP contribution >= 0.6 is 11.8 Å². The summed E-state index contributed by atoms with van der Waals surface area (Å²) in [6.45, 7) is 0.482. The first-order valence-electron chi connectivity index (χ1n) is 17.6. The fraction of sp³-hybridized carbons (Fsp3) is 0.462. The number of carbonyl (C=O) groups is 1. The largest absolute Gasteiger partial charge is 0.392 e. The molecule has 3 N–H and O–H groups in total. The average molecular weight is 680 g/mol. The van der Waals surface area contributed by atoms with E-state index >= 15 is 0 Å². The number of amides is 2. The van der Waals surface area contributed by atoms with Crippen LogP contribution in [0.15, 0.2) is 84.3 Å². The molecule has 256 valence electrons. The van der Waals surface area contributed by atoms with Gasteiger partial charge in [-0.25, -0.2) is 4.79 Å². The van der Waals surface area contributed by atoms with Gasteiger partial charge in [-0.2, -0.15) is 0 Å². The lowest BCUT2D eigenvalue weighted by Gasteiger charge is -2.56. The zero-order chi connectivity index (χ0) is 33.4. The first-order valence-corrected chi connectivity index (χ1v) is 18.6. The number of thioether (sulfide) groups is 1. The maximum atomic E-state index is 13.1. The standard InChI is InChI=1S/C39H45N5O4S/c1-44-24-41-43-38(44)49-23-34-17-35(30-10-8-25(22-45)9-11-30)48-36(47-34)33-7-3-6-32(16-33)31-5-2-4-26(15-31)21-40-37(46)42-39-18-27-12-28(19-39)14-29(13-27)20-39/h2-11,15-16,24,27-29,34-36,45H,12-14,17-23H2,1H3,(H2,40,42,46)/t27?,28?,29?,34-,35+,36+,39?/m0/s1. The molecule has 49 heavy (non-hydrogen) atoms. The Balaban J connectivity index is 0.952. The Bertz CT molecular complexity index is 1740. The van der Waals surface area contributed by atoms with Crippen molar-refractivity contribution in [1.82, 2.24) is 25.4 Å². The van der Waals surface area contributed by atoms with Gasteiger partial charge in [0.25, 0.3) is 0 Å². The van der Waals surface area contributed by atoms with E-state index in [1.807, 2.05) is 41.9 Å². The van der Waals surface area contributed by atoms with Crippen LogP contribution in [0.3, 0.4) is 0 Å². The highest BCUT2D eigenvalue weighted by molar-refractivity contribution is 7.99. The van der Waals surface area contributed by atoms with E-state index in [4.69, 9.17) is 9.47 Å². The Hall–Kier alpha value is -3.70. The van der Waals surface area contributed by atoms with Crippen molar-refractivity contribution in [3.8, 4) is 11.1 Å². The molecule has 0 spiro atoms. The molecule has 3 aromatic carbocycles. The summed E-state index contributed by atoms with van der Waals surface area (Å²) >= 11 is 1.63. The molecule has 4 aromatic rings. The normalized spacial score (nSPS) is 28.8. The van der Waals surface area contributed by atoms with Crippen LogP contribution in [0.1, 0.15) is 79.6 Å². The molecule has 2 heterocycles. The molecule has 0 radical (unpaired) electrons. The predicted octanol–water partition coefficient (Wildman–Crippen LogP) is 7.08. The highest BCUT2D eigenvalue weighted by Gasteiger charge is 2.51. The first-order chi connectivity index (χ1) is 23.9. The van der Waals surface area contributed by atoms with Crippen molar-refractivity contribution >= 4 is 17.8 Å². The summed E-state index contributed by atoms with van der Waals surface area (Å²) in [4.78, 5) is 13.1. The van der Waals surface area contributed by atoms with Crippen LogP contribution < -0.4 is 10.6 Å². The smallest absolute Gasteiger partial charge is 0.315 e. The zero-order valence-corrected chi connectivity index (χ0v) is 28.8. The number of carbonyl (C=O) groups excluding carboxylic acids is 1. The number of rotatable bonds is 10. The zero-order valence-electron chi connectivity index (χ0n) is 28.0. The lowest BCUT2D eigenvalue weighted by atomic mass is 9.53. The number of nitrogens with zero attached hydrogens (tertiary/aromatic N) is 3. The summed E-state index contributed by atoms with van der Waals surface area (Å²) in [7, 11) is 1.94.